The molecule has 0 aliphatic heterocycles. The molecule has 0 aliphatic carbocycles. The van der Waals surface area contributed by atoms with E-state index in [1.807, 2.05) is 25.2 Å². The van der Waals surface area contributed by atoms with Crippen LogP contribution in [0.2, 0.25) is 0 Å². The van der Waals surface area contributed by atoms with Gasteiger partial charge in [-0.3, -0.25) is 0 Å². The van der Waals surface area contributed by atoms with Crippen LogP contribution in [0.15, 0.2) is 24.3 Å². The van der Waals surface area contributed by atoms with Crippen molar-refractivity contribution in [1.29, 1.82) is 0 Å². The summed E-state index contributed by atoms with van der Waals surface area (Å²) in [7, 11) is 7.35. The van der Waals surface area contributed by atoms with Gasteiger partial charge in [0, 0.05) is 0 Å². The molecule has 1 radical (unpaired) electrons. The fourth-order valence-electron chi connectivity index (χ4n) is 1.05. The summed E-state index contributed by atoms with van der Waals surface area (Å²) >= 11 is 0. The van der Waals surface area contributed by atoms with Crippen molar-refractivity contribution in [2.24, 2.45) is 0 Å². The van der Waals surface area contributed by atoms with Crippen LogP contribution in [0.1, 0.15) is 11.1 Å². The first-order chi connectivity index (χ1) is 5.38. The summed E-state index contributed by atoms with van der Waals surface area (Å²) in [5, 5.41) is 3.08. The maximum atomic E-state index is 5.43. The Balaban J connectivity index is 2.92. The summed E-state index contributed by atoms with van der Waals surface area (Å²) in [6.45, 7) is 0.865. The fourth-order valence-corrected chi connectivity index (χ4v) is 1.05. The minimum absolute atomic E-state index is 0.865. The molecule has 1 N–H and O–H groups in total. The van der Waals surface area contributed by atoms with Crippen LogP contribution < -0.4 is 5.32 Å². The van der Waals surface area contributed by atoms with Gasteiger partial charge in [0.2, 0.25) is 0 Å². The van der Waals surface area contributed by atoms with E-state index < -0.39 is 0 Å². The number of benzene rings is 1. The molecule has 0 bridgehead atoms. The monoisotopic (exact) mass is 144 g/mol. The Hall–Kier alpha value is -0.885. The molecule has 1 aromatic carbocycles. The van der Waals surface area contributed by atoms with Crippen LogP contribution in [0.25, 0.3) is 0 Å². The van der Waals surface area contributed by atoms with E-state index in [1.54, 1.807) is 5.97 Å². The van der Waals surface area contributed by atoms with Crippen LogP contribution in [0, 0.1) is 0 Å². The molecule has 1 rings (SSSR count). The molecule has 0 aliphatic rings. The standard InChI is InChI=1S/C9H11BN/c1-11-7-9-5-3-2-4-8(9)6-10/h2-6,11H,7H2,1H3. The average Bonchev–Trinajstić information content (AvgIpc) is 2.06. The second-order valence-electron chi connectivity index (χ2n) is 2.40. The molecule has 0 atom stereocenters. The van der Waals surface area contributed by atoms with Gasteiger partial charge in [0.05, 0.1) is 0 Å². The Bertz CT molecular complexity index is 245. The average molecular weight is 144 g/mol. The van der Waals surface area contributed by atoms with Gasteiger partial charge in [-0.15, -0.1) is 0 Å². The third kappa shape index (κ3) is 2.02. The van der Waals surface area contributed by atoms with Crippen molar-refractivity contribution in [2.75, 3.05) is 7.05 Å². The molecule has 0 fully saturated rings. The van der Waals surface area contributed by atoms with E-state index in [4.69, 9.17) is 7.49 Å². The minimum atomic E-state index is 0.865. The van der Waals surface area contributed by atoms with E-state index in [0.29, 0.717) is 0 Å². The van der Waals surface area contributed by atoms with Crippen LogP contribution in [0.3, 0.4) is 0 Å². The zero-order valence-electron chi connectivity index (χ0n) is 6.67. The van der Waals surface area contributed by atoms with Gasteiger partial charge in [0.1, 0.15) is 0 Å². The van der Waals surface area contributed by atoms with Gasteiger partial charge >= 0.3 is 67.8 Å². The second kappa shape index (κ2) is 4.09. The summed E-state index contributed by atoms with van der Waals surface area (Å²) in [4.78, 5) is 0. The molecule has 2 heteroatoms. The number of hydrogen-bond acceptors (Lipinski definition) is 1. The van der Waals surface area contributed by atoms with Crippen LogP contribution in [-0.2, 0) is 6.54 Å². The van der Waals surface area contributed by atoms with E-state index in [-0.39, 0.29) is 0 Å². The van der Waals surface area contributed by atoms with Gasteiger partial charge in [-0.2, -0.15) is 0 Å². The Morgan fingerprint density at radius 1 is 1.45 bits per heavy atom. The Kier molecular flexibility index (Phi) is 3.05. The Morgan fingerprint density at radius 3 is 2.82 bits per heavy atom. The normalized spacial score (nSPS) is 9.45. The summed E-state index contributed by atoms with van der Waals surface area (Å²) in [6.07, 6.45) is 0. The summed E-state index contributed by atoms with van der Waals surface area (Å²) in [5.74, 6) is 1.63. The molecule has 0 unspecified atom stereocenters. The van der Waals surface area contributed by atoms with Gasteiger partial charge in [-0.1, -0.05) is 0 Å². The van der Waals surface area contributed by atoms with Gasteiger partial charge in [0.25, 0.3) is 0 Å². The molecular formula is C9H11BN. The van der Waals surface area contributed by atoms with E-state index in [1.165, 1.54) is 5.56 Å². The first-order valence-electron chi connectivity index (χ1n) is 3.66. The van der Waals surface area contributed by atoms with E-state index in [2.05, 4.69) is 11.4 Å². The van der Waals surface area contributed by atoms with Crippen LogP contribution in [-0.4, -0.2) is 20.5 Å². The predicted molar refractivity (Wildman–Crippen MR) is 50.1 cm³/mol. The number of hydrogen-bond donors (Lipinski definition) is 1. The molecule has 0 saturated carbocycles. The van der Waals surface area contributed by atoms with Gasteiger partial charge in [0.15, 0.2) is 0 Å². The quantitative estimate of drug-likeness (QED) is 0.616. The molecule has 0 amide bonds. The first-order valence-corrected chi connectivity index (χ1v) is 3.66. The van der Waals surface area contributed by atoms with Crippen molar-refractivity contribution < 1.29 is 0 Å². The molecule has 0 saturated heterocycles. The maximum absolute atomic E-state index is 5.43. The predicted octanol–water partition coefficient (Wildman–Crippen LogP) is 0.725. The molecular weight excluding hydrogens is 133 g/mol. The molecule has 0 aromatic heterocycles. The van der Waals surface area contributed by atoms with Gasteiger partial charge < -0.3 is 0 Å². The Labute approximate surface area is 68.5 Å². The molecule has 0 spiro atoms. The summed E-state index contributed by atoms with van der Waals surface area (Å²) < 4.78 is 0. The fraction of sp³-hybridized carbons (Fsp3) is 0.222. The van der Waals surface area contributed by atoms with Crippen molar-refractivity contribution in [3.05, 3.63) is 35.4 Å². The molecule has 1 nitrogen and oxygen atoms in total. The number of nitrogens with one attached hydrogen (secondary N) is 1. The first kappa shape index (κ1) is 8.21. The van der Waals surface area contributed by atoms with Crippen molar-refractivity contribution in [3.63, 3.8) is 0 Å². The van der Waals surface area contributed by atoms with E-state index in [0.717, 1.165) is 12.1 Å². The van der Waals surface area contributed by atoms with Crippen LogP contribution in [0.5, 0.6) is 0 Å². The van der Waals surface area contributed by atoms with Crippen molar-refractivity contribution in [1.82, 2.24) is 5.32 Å². The molecule has 55 valence electrons. The topological polar surface area (TPSA) is 12.0 Å². The molecule has 11 heavy (non-hydrogen) atoms. The van der Waals surface area contributed by atoms with Crippen molar-refractivity contribution in [2.45, 2.75) is 6.54 Å². The van der Waals surface area contributed by atoms with Gasteiger partial charge in [-0.25, -0.2) is 0 Å². The van der Waals surface area contributed by atoms with E-state index in [9.17, 15) is 0 Å². The Morgan fingerprint density at radius 2 is 2.18 bits per heavy atom. The molecule has 1 aromatic rings. The van der Waals surface area contributed by atoms with Crippen LogP contribution in [0.4, 0.5) is 0 Å². The van der Waals surface area contributed by atoms with Crippen LogP contribution >= 0.6 is 0 Å². The number of rotatable bonds is 3. The zero-order chi connectivity index (χ0) is 8.10. The summed E-state index contributed by atoms with van der Waals surface area (Å²) in [6, 6.07) is 8.07. The molecule has 0 heterocycles. The van der Waals surface area contributed by atoms with Crippen molar-refractivity contribution in [3.8, 4) is 0 Å². The van der Waals surface area contributed by atoms with E-state index >= 15 is 0 Å². The van der Waals surface area contributed by atoms with Crippen molar-refractivity contribution >= 4 is 13.5 Å². The zero-order valence-corrected chi connectivity index (χ0v) is 6.67. The SMILES string of the molecule is [B]=Cc1ccccc1CNC. The van der Waals surface area contributed by atoms with Gasteiger partial charge in [-0.05, 0) is 0 Å². The second-order valence-corrected chi connectivity index (χ2v) is 2.40. The third-order valence-electron chi connectivity index (χ3n) is 1.60. The summed E-state index contributed by atoms with van der Waals surface area (Å²) in [5.41, 5.74) is 2.33. The third-order valence-corrected chi connectivity index (χ3v) is 1.60.